The minimum Gasteiger partial charge on any atom is -0.367 e. The van der Waals surface area contributed by atoms with Crippen LogP contribution in [-0.4, -0.2) is 4.98 Å². The average Bonchev–Trinajstić information content (AvgIpc) is 2.74. The van der Waals surface area contributed by atoms with Crippen LogP contribution in [0.2, 0.25) is 0 Å². The van der Waals surface area contributed by atoms with Crippen molar-refractivity contribution in [3.05, 3.63) is 23.5 Å². The molecule has 0 saturated heterocycles. The number of rotatable bonds is 2. The van der Waals surface area contributed by atoms with Crippen LogP contribution in [0, 0.1) is 12.8 Å². The zero-order valence-electron chi connectivity index (χ0n) is 6.80. The molecule has 0 spiro atoms. The molecule has 2 nitrogen and oxygen atoms in total. The summed E-state index contributed by atoms with van der Waals surface area (Å²) in [5, 5.41) is 0. The Morgan fingerprint density at radius 2 is 2.27 bits per heavy atom. The molecule has 3 N–H and O–H groups in total. The molecule has 1 saturated carbocycles. The number of hydrogen-bond donors (Lipinski definition) is 2. The van der Waals surface area contributed by atoms with Gasteiger partial charge in [0.1, 0.15) is 0 Å². The summed E-state index contributed by atoms with van der Waals surface area (Å²) >= 11 is 0. The van der Waals surface area contributed by atoms with Crippen LogP contribution < -0.4 is 5.73 Å². The standard InChI is InChI=1S/C9H14N2/c1-6-4-11-5-8(6)9(10)7-2-3-7/h4-5,7,9,11H,2-3,10H2,1H3/t9-/m1/s1. The zero-order chi connectivity index (χ0) is 7.84. The molecule has 1 aromatic rings. The summed E-state index contributed by atoms with van der Waals surface area (Å²) in [6.45, 7) is 2.11. The Labute approximate surface area is 66.8 Å². The second-order valence-corrected chi connectivity index (χ2v) is 3.46. The Morgan fingerprint density at radius 1 is 1.55 bits per heavy atom. The van der Waals surface area contributed by atoms with E-state index in [1.165, 1.54) is 24.0 Å². The van der Waals surface area contributed by atoms with E-state index in [9.17, 15) is 0 Å². The Morgan fingerprint density at radius 3 is 2.73 bits per heavy atom. The van der Waals surface area contributed by atoms with Gasteiger partial charge in [0.15, 0.2) is 0 Å². The molecule has 0 bridgehead atoms. The molecule has 60 valence electrons. The van der Waals surface area contributed by atoms with Crippen LogP contribution in [0.15, 0.2) is 12.4 Å². The maximum absolute atomic E-state index is 6.03. The van der Waals surface area contributed by atoms with Gasteiger partial charge in [-0.2, -0.15) is 0 Å². The summed E-state index contributed by atoms with van der Waals surface area (Å²) in [5.74, 6) is 0.754. The fourth-order valence-corrected chi connectivity index (χ4v) is 1.52. The summed E-state index contributed by atoms with van der Waals surface area (Å²) in [5.41, 5.74) is 8.62. The average molecular weight is 150 g/mol. The highest BCUT2D eigenvalue weighted by molar-refractivity contribution is 5.26. The van der Waals surface area contributed by atoms with Crippen molar-refractivity contribution in [1.29, 1.82) is 0 Å². The topological polar surface area (TPSA) is 41.8 Å². The van der Waals surface area contributed by atoms with Crippen molar-refractivity contribution in [2.75, 3.05) is 0 Å². The van der Waals surface area contributed by atoms with E-state index in [0.717, 1.165) is 5.92 Å². The molecule has 0 amide bonds. The lowest BCUT2D eigenvalue weighted by atomic mass is 10.0. The van der Waals surface area contributed by atoms with Gasteiger partial charge in [-0.3, -0.25) is 0 Å². The van der Waals surface area contributed by atoms with Gasteiger partial charge in [0.25, 0.3) is 0 Å². The number of nitrogens with two attached hydrogens (primary N) is 1. The lowest BCUT2D eigenvalue weighted by Crippen LogP contribution is -2.12. The SMILES string of the molecule is Cc1c[nH]cc1[C@H](N)C1CC1. The van der Waals surface area contributed by atoms with E-state index in [1.54, 1.807) is 0 Å². The Balaban J connectivity index is 2.20. The van der Waals surface area contributed by atoms with E-state index in [-0.39, 0.29) is 6.04 Å². The normalized spacial score (nSPS) is 20.2. The molecular weight excluding hydrogens is 136 g/mol. The van der Waals surface area contributed by atoms with Gasteiger partial charge in [-0.05, 0) is 36.8 Å². The molecule has 11 heavy (non-hydrogen) atoms. The first-order chi connectivity index (χ1) is 5.29. The summed E-state index contributed by atoms with van der Waals surface area (Å²) in [7, 11) is 0. The van der Waals surface area contributed by atoms with Gasteiger partial charge < -0.3 is 10.7 Å². The van der Waals surface area contributed by atoms with Crippen LogP contribution in [0.4, 0.5) is 0 Å². The van der Waals surface area contributed by atoms with Gasteiger partial charge in [0, 0.05) is 18.4 Å². The smallest absolute Gasteiger partial charge is 0.0341 e. The Bertz CT molecular complexity index is 248. The fraction of sp³-hybridized carbons (Fsp3) is 0.556. The maximum atomic E-state index is 6.03. The highest BCUT2D eigenvalue weighted by atomic mass is 14.7. The molecule has 1 aliphatic carbocycles. The fourth-order valence-electron chi connectivity index (χ4n) is 1.52. The van der Waals surface area contributed by atoms with E-state index in [2.05, 4.69) is 11.9 Å². The van der Waals surface area contributed by atoms with Crippen molar-refractivity contribution in [3.8, 4) is 0 Å². The van der Waals surface area contributed by atoms with E-state index < -0.39 is 0 Å². The highest BCUT2D eigenvalue weighted by Crippen LogP contribution is 2.40. The first-order valence-corrected chi connectivity index (χ1v) is 4.18. The number of aromatic nitrogens is 1. The second-order valence-electron chi connectivity index (χ2n) is 3.46. The lowest BCUT2D eigenvalue weighted by Gasteiger charge is -2.08. The largest absolute Gasteiger partial charge is 0.367 e. The minimum atomic E-state index is 0.279. The van der Waals surface area contributed by atoms with Crippen LogP contribution in [-0.2, 0) is 0 Å². The van der Waals surface area contributed by atoms with Gasteiger partial charge in [0.2, 0.25) is 0 Å². The molecule has 2 rings (SSSR count). The second kappa shape index (κ2) is 2.38. The van der Waals surface area contributed by atoms with Crippen molar-refractivity contribution in [1.82, 2.24) is 4.98 Å². The van der Waals surface area contributed by atoms with Crippen molar-refractivity contribution in [3.63, 3.8) is 0 Å². The number of aryl methyl sites for hydroxylation is 1. The number of nitrogens with one attached hydrogen (secondary N) is 1. The van der Waals surface area contributed by atoms with Crippen molar-refractivity contribution in [2.45, 2.75) is 25.8 Å². The van der Waals surface area contributed by atoms with Crippen LogP contribution in [0.5, 0.6) is 0 Å². The molecule has 1 atom stereocenters. The van der Waals surface area contributed by atoms with E-state index in [0.29, 0.717) is 0 Å². The van der Waals surface area contributed by atoms with Gasteiger partial charge in [-0.25, -0.2) is 0 Å². The minimum absolute atomic E-state index is 0.279. The quantitative estimate of drug-likeness (QED) is 0.662. The van der Waals surface area contributed by atoms with Gasteiger partial charge in [-0.1, -0.05) is 0 Å². The first kappa shape index (κ1) is 6.92. The van der Waals surface area contributed by atoms with E-state index >= 15 is 0 Å². The predicted octanol–water partition coefficient (Wildman–Crippen LogP) is 1.73. The van der Waals surface area contributed by atoms with Crippen LogP contribution in [0.3, 0.4) is 0 Å². The molecule has 1 fully saturated rings. The third kappa shape index (κ3) is 1.18. The van der Waals surface area contributed by atoms with Crippen LogP contribution >= 0.6 is 0 Å². The molecule has 1 aliphatic rings. The van der Waals surface area contributed by atoms with Crippen molar-refractivity contribution >= 4 is 0 Å². The molecule has 0 radical (unpaired) electrons. The molecular formula is C9H14N2. The summed E-state index contributed by atoms with van der Waals surface area (Å²) < 4.78 is 0. The third-order valence-corrected chi connectivity index (χ3v) is 2.48. The van der Waals surface area contributed by atoms with E-state index in [4.69, 9.17) is 5.73 Å². The zero-order valence-corrected chi connectivity index (χ0v) is 6.80. The molecule has 1 aromatic heterocycles. The van der Waals surface area contributed by atoms with Gasteiger partial charge in [-0.15, -0.1) is 0 Å². The van der Waals surface area contributed by atoms with Crippen LogP contribution in [0.1, 0.15) is 30.0 Å². The summed E-state index contributed by atoms with van der Waals surface area (Å²) in [6.07, 6.45) is 6.66. The molecule has 0 aromatic carbocycles. The molecule has 0 aliphatic heterocycles. The van der Waals surface area contributed by atoms with Gasteiger partial charge >= 0.3 is 0 Å². The van der Waals surface area contributed by atoms with E-state index in [1.807, 2.05) is 12.4 Å². The van der Waals surface area contributed by atoms with Crippen molar-refractivity contribution < 1.29 is 0 Å². The number of aromatic amines is 1. The molecule has 1 heterocycles. The number of hydrogen-bond acceptors (Lipinski definition) is 1. The third-order valence-electron chi connectivity index (χ3n) is 2.48. The first-order valence-electron chi connectivity index (χ1n) is 4.18. The van der Waals surface area contributed by atoms with Crippen LogP contribution in [0.25, 0.3) is 0 Å². The monoisotopic (exact) mass is 150 g/mol. The summed E-state index contributed by atoms with van der Waals surface area (Å²) in [6, 6.07) is 0.279. The summed E-state index contributed by atoms with van der Waals surface area (Å²) in [4.78, 5) is 3.08. The molecule has 2 heteroatoms. The van der Waals surface area contributed by atoms with Gasteiger partial charge in [0.05, 0.1) is 0 Å². The predicted molar refractivity (Wildman–Crippen MR) is 45.2 cm³/mol. The maximum Gasteiger partial charge on any atom is 0.0341 e. The molecule has 0 unspecified atom stereocenters. The highest BCUT2D eigenvalue weighted by Gasteiger charge is 2.30. The number of H-pyrrole nitrogens is 1. The Kier molecular flexibility index (Phi) is 1.50. The van der Waals surface area contributed by atoms with Crippen molar-refractivity contribution in [2.24, 2.45) is 11.7 Å². The lowest BCUT2D eigenvalue weighted by molar-refractivity contribution is 0.631. The Hall–Kier alpha value is -0.760.